The molecule has 3 rings (SSSR count). The van der Waals surface area contributed by atoms with E-state index in [-0.39, 0.29) is 17.8 Å². The number of hydrogen-bond donors (Lipinski definition) is 0. The van der Waals surface area contributed by atoms with Crippen molar-refractivity contribution in [2.75, 3.05) is 0 Å². The number of fused-ring (bicyclic) bond motifs is 1. The molecule has 0 aliphatic heterocycles. The highest BCUT2D eigenvalue weighted by molar-refractivity contribution is 5.75. The summed E-state index contributed by atoms with van der Waals surface area (Å²) in [6.45, 7) is 1.71. The van der Waals surface area contributed by atoms with Gasteiger partial charge in [-0.05, 0) is 6.07 Å². The van der Waals surface area contributed by atoms with Crippen LogP contribution in [0.4, 0.5) is 5.69 Å². The van der Waals surface area contributed by atoms with Gasteiger partial charge in [0.25, 0.3) is 5.69 Å². The number of nitro groups is 1. The van der Waals surface area contributed by atoms with Gasteiger partial charge >= 0.3 is 5.76 Å². The van der Waals surface area contributed by atoms with Crippen LogP contribution in [0.1, 0.15) is 11.7 Å². The van der Waals surface area contributed by atoms with E-state index in [1.807, 2.05) is 0 Å². The molecule has 0 fully saturated rings. The number of oxazole rings is 1. The zero-order valence-electron chi connectivity index (χ0n) is 10.3. The molecule has 0 aliphatic rings. The molecule has 20 heavy (non-hydrogen) atoms. The smallest absolute Gasteiger partial charge is 0.407 e. The summed E-state index contributed by atoms with van der Waals surface area (Å²) in [6.07, 6.45) is 0. The van der Waals surface area contributed by atoms with Gasteiger partial charge in [0.15, 0.2) is 11.4 Å². The van der Waals surface area contributed by atoms with Gasteiger partial charge in [-0.15, -0.1) is 0 Å². The monoisotopic (exact) mass is 276 g/mol. The van der Waals surface area contributed by atoms with Gasteiger partial charge in [-0.25, -0.2) is 4.79 Å². The Morgan fingerprint density at radius 3 is 2.90 bits per heavy atom. The van der Waals surface area contributed by atoms with Gasteiger partial charge in [-0.1, -0.05) is 5.16 Å². The number of hydrogen-bond acceptors (Lipinski definition) is 7. The number of nitrogens with zero attached hydrogens (tertiary/aromatic N) is 4. The van der Waals surface area contributed by atoms with Crippen LogP contribution in [0.5, 0.6) is 0 Å². The lowest BCUT2D eigenvalue weighted by atomic mass is 10.3. The lowest BCUT2D eigenvalue weighted by molar-refractivity contribution is -0.384. The van der Waals surface area contributed by atoms with E-state index in [9.17, 15) is 14.9 Å². The fraction of sp³-hybridized carbons (Fsp3) is 0.182. The summed E-state index contributed by atoms with van der Waals surface area (Å²) in [5, 5.41) is 14.4. The van der Waals surface area contributed by atoms with Gasteiger partial charge in [0.2, 0.25) is 5.89 Å². The summed E-state index contributed by atoms with van der Waals surface area (Å²) < 4.78 is 11.1. The average Bonchev–Trinajstić information content (AvgIpc) is 2.94. The van der Waals surface area contributed by atoms with E-state index in [0.29, 0.717) is 17.2 Å². The molecule has 3 aromatic rings. The van der Waals surface area contributed by atoms with E-state index in [0.717, 1.165) is 0 Å². The molecule has 0 atom stereocenters. The Bertz CT molecular complexity index is 859. The van der Waals surface area contributed by atoms with Crippen molar-refractivity contribution in [3.05, 3.63) is 50.6 Å². The topological polar surface area (TPSA) is 117 Å². The first-order valence-electron chi connectivity index (χ1n) is 5.61. The molecule has 0 bridgehead atoms. The van der Waals surface area contributed by atoms with Crippen LogP contribution in [0.2, 0.25) is 0 Å². The summed E-state index contributed by atoms with van der Waals surface area (Å²) in [5.74, 6) is 0.0742. The van der Waals surface area contributed by atoms with Crippen LogP contribution in [-0.4, -0.2) is 19.6 Å². The minimum atomic E-state index is -0.636. The third-order valence-corrected chi connectivity index (χ3v) is 2.73. The lowest BCUT2D eigenvalue weighted by Crippen LogP contribution is -2.15. The molecule has 102 valence electrons. The van der Waals surface area contributed by atoms with E-state index < -0.39 is 10.7 Å². The predicted octanol–water partition coefficient (Wildman–Crippen LogP) is 1.24. The highest BCUT2D eigenvalue weighted by Crippen LogP contribution is 2.20. The number of non-ortho nitro benzene ring substituents is 1. The largest absolute Gasteiger partial charge is 0.420 e. The summed E-state index contributed by atoms with van der Waals surface area (Å²) in [5.41, 5.74) is 0.432. The number of aryl methyl sites for hydroxylation is 1. The molecule has 0 aliphatic carbocycles. The van der Waals surface area contributed by atoms with Crippen LogP contribution in [-0.2, 0) is 6.54 Å². The van der Waals surface area contributed by atoms with Gasteiger partial charge in [0, 0.05) is 13.0 Å². The maximum Gasteiger partial charge on any atom is 0.420 e. The van der Waals surface area contributed by atoms with Gasteiger partial charge < -0.3 is 8.94 Å². The molecule has 0 N–H and O–H groups in total. The number of benzene rings is 1. The molecular formula is C11H8N4O5. The molecule has 9 heteroatoms. The molecule has 0 saturated heterocycles. The molecule has 0 saturated carbocycles. The third-order valence-electron chi connectivity index (χ3n) is 2.73. The minimum absolute atomic E-state index is 0.0704. The van der Waals surface area contributed by atoms with Crippen molar-refractivity contribution in [3.8, 4) is 0 Å². The SMILES string of the molecule is Cc1nc(Cn2c(=O)oc3cc([N+](=O)[O-])ccc32)no1. The Kier molecular flexibility index (Phi) is 2.60. The molecule has 9 nitrogen and oxygen atoms in total. The molecule has 0 unspecified atom stereocenters. The third kappa shape index (κ3) is 1.94. The number of nitro benzene ring substituents is 1. The fourth-order valence-electron chi connectivity index (χ4n) is 1.87. The molecule has 0 amide bonds. The van der Waals surface area contributed by atoms with Crippen LogP contribution >= 0.6 is 0 Å². The van der Waals surface area contributed by atoms with Gasteiger partial charge in [0.1, 0.15) is 0 Å². The Hall–Kier alpha value is -2.97. The molecule has 1 aromatic carbocycles. The Labute approximate surface area is 110 Å². The number of aromatic nitrogens is 3. The zero-order chi connectivity index (χ0) is 14.3. The second-order valence-electron chi connectivity index (χ2n) is 4.09. The van der Waals surface area contributed by atoms with Crippen LogP contribution in [0, 0.1) is 17.0 Å². The zero-order valence-corrected chi connectivity index (χ0v) is 10.3. The summed E-state index contributed by atoms with van der Waals surface area (Å²) in [6, 6.07) is 3.95. The average molecular weight is 276 g/mol. The predicted molar refractivity (Wildman–Crippen MR) is 65.3 cm³/mol. The Balaban J connectivity index is 2.09. The summed E-state index contributed by atoms with van der Waals surface area (Å²) in [7, 11) is 0. The first-order chi connectivity index (χ1) is 9.54. The minimum Gasteiger partial charge on any atom is -0.407 e. The second-order valence-corrected chi connectivity index (χ2v) is 4.09. The first kappa shape index (κ1) is 12.1. The summed E-state index contributed by atoms with van der Waals surface area (Å²) in [4.78, 5) is 25.9. The molecular weight excluding hydrogens is 268 g/mol. The van der Waals surface area contributed by atoms with E-state index in [1.165, 1.54) is 22.8 Å². The van der Waals surface area contributed by atoms with E-state index in [2.05, 4.69) is 10.1 Å². The second kappa shape index (κ2) is 4.30. The van der Waals surface area contributed by atoms with Gasteiger partial charge in [-0.2, -0.15) is 4.98 Å². The molecule has 0 radical (unpaired) electrons. The normalized spacial score (nSPS) is 11.1. The quantitative estimate of drug-likeness (QED) is 0.521. The van der Waals surface area contributed by atoms with Crippen molar-refractivity contribution in [1.82, 2.24) is 14.7 Å². The van der Waals surface area contributed by atoms with Crippen molar-refractivity contribution in [2.45, 2.75) is 13.5 Å². The van der Waals surface area contributed by atoms with Crippen molar-refractivity contribution in [2.24, 2.45) is 0 Å². The standard InChI is InChI=1S/C11H8N4O5/c1-6-12-10(13-20-6)5-14-8-3-2-7(15(17)18)4-9(8)19-11(14)16/h2-4H,5H2,1H3. The maximum absolute atomic E-state index is 11.8. The highest BCUT2D eigenvalue weighted by atomic mass is 16.6. The number of rotatable bonds is 3. The lowest BCUT2D eigenvalue weighted by Gasteiger charge is -1.97. The van der Waals surface area contributed by atoms with Crippen LogP contribution in [0.25, 0.3) is 11.1 Å². The molecule has 0 spiro atoms. The maximum atomic E-state index is 11.8. The highest BCUT2D eigenvalue weighted by Gasteiger charge is 2.15. The van der Waals surface area contributed by atoms with Crippen LogP contribution < -0.4 is 5.76 Å². The van der Waals surface area contributed by atoms with Crippen molar-refractivity contribution >= 4 is 16.8 Å². The van der Waals surface area contributed by atoms with Crippen LogP contribution in [0.3, 0.4) is 0 Å². The van der Waals surface area contributed by atoms with Gasteiger partial charge in [-0.3, -0.25) is 14.7 Å². The van der Waals surface area contributed by atoms with Crippen molar-refractivity contribution in [1.29, 1.82) is 0 Å². The van der Waals surface area contributed by atoms with Crippen molar-refractivity contribution in [3.63, 3.8) is 0 Å². The Morgan fingerprint density at radius 1 is 1.45 bits per heavy atom. The van der Waals surface area contributed by atoms with Gasteiger partial charge in [0.05, 0.1) is 23.1 Å². The molecule has 2 aromatic heterocycles. The first-order valence-corrected chi connectivity index (χ1v) is 5.61. The van der Waals surface area contributed by atoms with E-state index in [1.54, 1.807) is 6.92 Å². The van der Waals surface area contributed by atoms with E-state index in [4.69, 9.17) is 8.94 Å². The summed E-state index contributed by atoms with van der Waals surface area (Å²) >= 11 is 0. The van der Waals surface area contributed by atoms with E-state index >= 15 is 0 Å². The Morgan fingerprint density at radius 2 is 2.25 bits per heavy atom. The van der Waals surface area contributed by atoms with Crippen molar-refractivity contribution < 1.29 is 13.9 Å². The fourth-order valence-corrected chi connectivity index (χ4v) is 1.87. The van der Waals surface area contributed by atoms with Crippen LogP contribution in [0.15, 0.2) is 31.9 Å². The molecule has 2 heterocycles.